The van der Waals surface area contributed by atoms with Gasteiger partial charge in [-0.3, -0.25) is 0 Å². The van der Waals surface area contributed by atoms with Gasteiger partial charge < -0.3 is 10.1 Å². The fourth-order valence-electron chi connectivity index (χ4n) is 2.32. The third-order valence-electron chi connectivity index (χ3n) is 3.22. The van der Waals surface area contributed by atoms with Crippen molar-refractivity contribution >= 4 is 0 Å². The normalized spacial score (nSPS) is 25.8. The quantitative estimate of drug-likeness (QED) is 0.708. The molecule has 2 atom stereocenters. The van der Waals surface area contributed by atoms with E-state index in [1.54, 1.807) is 7.11 Å². The van der Waals surface area contributed by atoms with E-state index in [4.69, 9.17) is 4.74 Å². The zero-order valence-corrected chi connectivity index (χ0v) is 9.01. The van der Waals surface area contributed by atoms with Gasteiger partial charge in [-0.2, -0.15) is 0 Å². The number of ether oxygens (including phenoxy) is 1. The maximum Gasteiger partial charge on any atom is 0.0465 e. The molecule has 0 aliphatic carbocycles. The summed E-state index contributed by atoms with van der Waals surface area (Å²) in [7, 11) is 1.80. The van der Waals surface area contributed by atoms with E-state index in [9.17, 15) is 0 Å². The molecule has 0 aromatic heterocycles. The van der Waals surface area contributed by atoms with E-state index in [0.717, 1.165) is 18.4 Å². The van der Waals surface area contributed by atoms with Crippen LogP contribution in [0.15, 0.2) is 0 Å². The standard InChI is InChI=1S/C11H23NO/c1-3-10(6-8-13-2)11-5-4-7-12-9-11/h10-12H,3-9H2,1-2H3. The van der Waals surface area contributed by atoms with Gasteiger partial charge in [0.1, 0.15) is 0 Å². The SMILES string of the molecule is CCC(CCOC)C1CCCNC1. The van der Waals surface area contributed by atoms with Crippen molar-refractivity contribution in [2.24, 2.45) is 11.8 Å². The van der Waals surface area contributed by atoms with E-state index in [1.807, 2.05) is 0 Å². The molecule has 1 N–H and O–H groups in total. The molecule has 0 saturated carbocycles. The minimum atomic E-state index is 0.868. The fraction of sp³-hybridized carbons (Fsp3) is 1.00. The van der Waals surface area contributed by atoms with Crippen molar-refractivity contribution in [1.29, 1.82) is 0 Å². The van der Waals surface area contributed by atoms with Crippen LogP contribution in [0, 0.1) is 11.8 Å². The molecule has 1 heterocycles. The molecule has 0 aromatic rings. The van der Waals surface area contributed by atoms with Crippen LogP contribution in [0.2, 0.25) is 0 Å². The molecule has 78 valence electrons. The summed E-state index contributed by atoms with van der Waals surface area (Å²) in [6.07, 6.45) is 5.30. The van der Waals surface area contributed by atoms with Crippen molar-refractivity contribution in [2.45, 2.75) is 32.6 Å². The number of nitrogens with one attached hydrogen (secondary N) is 1. The molecular weight excluding hydrogens is 162 g/mol. The Labute approximate surface area is 82.0 Å². The molecule has 0 aromatic carbocycles. The molecule has 1 rings (SSSR count). The molecule has 0 radical (unpaired) electrons. The van der Waals surface area contributed by atoms with E-state index in [-0.39, 0.29) is 0 Å². The second-order valence-corrected chi connectivity index (χ2v) is 4.06. The van der Waals surface area contributed by atoms with Crippen molar-refractivity contribution in [3.05, 3.63) is 0 Å². The zero-order valence-electron chi connectivity index (χ0n) is 9.01. The largest absolute Gasteiger partial charge is 0.385 e. The Morgan fingerprint density at radius 1 is 1.54 bits per heavy atom. The number of hydrogen-bond acceptors (Lipinski definition) is 2. The molecule has 1 aliphatic heterocycles. The van der Waals surface area contributed by atoms with Crippen LogP contribution >= 0.6 is 0 Å². The summed E-state index contributed by atoms with van der Waals surface area (Å²) in [4.78, 5) is 0. The van der Waals surface area contributed by atoms with Crippen LogP contribution < -0.4 is 5.32 Å². The van der Waals surface area contributed by atoms with Gasteiger partial charge in [-0.25, -0.2) is 0 Å². The number of hydrogen-bond donors (Lipinski definition) is 1. The summed E-state index contributed by atoms with van der Waals surface area (Å²) in [5.41, 5.74) is 0. The highest BCUT2D eigenvalue weighted by Crippen LogP contribution is 2.25. The third kappa shape index (κ3) is 3.65. The predicted molar refractivity (Wildman–Crippen MR) is 55.9 cm³/mol. The van der Waals surface area contributed by atoms with Crippen LogP contribution in [0.4, 0.5) is 0 Å². The summed E-state index contributed by atoms with van der Waals surface area (Å²) in [5.74, 6) is 1.77. The summed E-state index contributed by atoms with van der Waals surface area (Å²) in [6, 6.07) is 0. The highest BCUT2D eigenvalue weighted by atomic mass is 16.5. The topological polar surface area (TPSA) is 21.3 Å². The van der Waals surface area contributed by atoms with Crippen LogP contribution in [0.3, 0.4) is 0 Å². The zero-order chi connectivity index (χ0) is 9.52. The van der Waals surface area contributed by atoms with Gasteiger partial charge in [-0.1, -0.05) is 13.3 Å². The summed E-state index contributed by atoms with van der Waals surface area (Å²) < 4.78 is 5.14. The highest BCUT2D eigenvalue weighted by Gasteiger charge is 2.21. The Morgan fingerprint density at radius 3 is 2.92 bits per heavy atom. The Hall–Kier alpha value is -0.0800. The van der Waals surface area contributed by atoms with E-state index >= 15 is 0 Å². The Morgan fingerprint density at radius 2 is 2.38 bits per heavy atom. The van der Waals surface area contributed by atoms with Gasteiger partial charge in [0, 0.05) is 13.7 Å². The van der Waals surface area contributed by atoms with E-state index in [0.29, 0.717) is 0 Å². The summed E-state index contributed by atoms with van der Waals surface area (Å²) >= 11 is 0. The van der Waals surface area contributed by atoms with Gasteiger partial charge in [-0.05, 0) is 44.2 Å². The maximum absolute atomic E-state index is 5.14. The number of piperidine rings is 1. The van der Waals surface area contributed by atoms with Crippen molar-refractivity contribution in [1.82, 2.24) is 5.32 Å². The van der Waals surface area contributed by atoms with Gasteiger partial charge >= 0.3 is 0 Å². The first-order chi connectivity index (χ1) is 6.38. The van der Waals surface area contributed by atoms with Crippen LogP contribution in [0.5, 0.6) is 0 Å². The highest BCUT2D eigenvalue weighted by molar-refractivity contribution is 4.75. The lowest BCUT2D eigenvalue weighted by atomic mass is 9.83. The van der Waals surface area contributed by atoms with Crippen molar-refractivity contribution in [3.63, 3.8) is 0 Å². The van der Waals surface area contributed by atoms with Gasteiger partial charge in [0.25, 0.3) is 0 Å². The number of methoxy groups -OCH3 is 1. The third-order valence-corrected chi connectivity index (χ3v) is 3.22. The van der Waals surface area contributed by atoms with Crippen LogP contribution in [0.25, 0.3) is 0 Å². The molecule has 13 heavy (non-hydrogen) atoms. The van der Waals surface area contributed by atoms with E-state index in [2.05, 4.69) is 12.2 Å². The van der Waals surface area contributed by atoms with E-state index in [1.165, 1.54) is 38.8 Å². The molecule has 2 heteroatoms. The monoisotopic (exact) mass is 185 g/mol. The Balaban J connectivity index is 2.26. The lowest BCUT2D eigenvalue weighted by Gasteiger charge is -2.30. The van der Waals surface area contributed by atoms with Crippen LogP contribution in [-0.4, -0.2) is 26.8 Å². The number of rotatable bonds is 5. The first-order valence-electron chi connectivity index (χ1n) is 5.58. The second kappa shape index (κ2) is 6.39. The molecule has 2 unspecified atom stereocenters. The summed E-state index contributed by atoms with van der Waals surface area (Å²) in [6.45, 7) is 5.67. The lowest BCUT2D eigenvalue weighted by molar-refractivity contribution is 0.148. The Kier molecular flexibility index (Phi) is 5.40. The fourth-order valence-corrected chi connectivity index (χ4v) is 2.32. The second-order valence-electron chi connectivity index (χ2n) is 4.06. The average Bonchev–Trinajstić information content (AvgIpc) is 2.21. The molecule has 0 amide bonds. The first-order valence-corrected chi connectivity index (χ1v) is 5.58. The molecule has 0 spiro atoms. The molecule has 0 bridgehead atoms. The molecule has 2 nitrogen and oxygen atoms in total. The predicted octanol–water partition coefficient (Wildman–Crippen LogP) is 2.05. The maximum atomic E-state index is 5.14. The Bertz CT molecular complexity index is 121. The molecule has 1 aliphatic rings. The lowest BCUT2D eigenvalue weighted by Crippen LogP contribution is -2.34. The van der Waals surface area contributed by atoms with Crippen molar-refractivity contribution in [2.75, 3.05) is 26.8 Å². The smallest absolute Gasteiger partial charge is 0.0465 e. The minimum Gasteiger partial charge on any atom is -0.385 e. The van der Waals surface area contributed by atoms with Gasteiger partial charge in [0.05, 0.1) is 0 Å². The molecular formula is C11H23NO. The van der Waals surface area contributed by atoms with Gasteiger partial charge in [0.2, 0.25) is 0 Å². The van der Waals surface area contributed by atoms with Crippen molar-refractivity contribution < 1.29 is 4.74 Å². The molecule has 1 fully saturated rings. The molecule has 1 saturated heterocycles. The van der Waals surface area contributed by atoms with Crippen molar-refractivity contribution in [3.8, 4) is 0 Å². The average molecular weight is 185 g/mol. The van der Waals surface area contributed by atoms with Crippen LogP contribution in [-0.2, 0) is 4.74 Å². The summed E-state index contributed by atoms with van der Waals surface area (Å²) in [5, 5.41) is 3.49. The first kappa shape index (κ1) is 11.0. The van der Waals surface area contributed by atoms with Gasteiger partial charge in [0.15, 0.2) is 0 Å². The van der Waals surface area contributed by atoms with Crippen LogP contribution in [0.1, 0.15) is 32.6 Å². The van der Waals surface area contributed by atoms with E-state index < -0.39 is 0 Å². The minimum absolute atomic E-state index is 0.868. The van der Waals surface area contributed by atoms with Gasteiger partial charge in [-0.15, -0.1) is 0 Å².